The summed E-state index contributed by atoms with van der Waals surface area (Å²) in [7, 11) is 1.62. The molecule has 0 heterocycles. The van der Waals surface area contributed by atoms with Gasteiger partial charge in [-0.2, -0.15) is 0 Å². The van der Waals surface area contributed by atoms with Crippen LogP contribution in [-0.4, -0.2) is 62.6 Å². The fourth-order valence-electron chi connectivity index (χ4n) is 1.77. The van der Waals surface area contributed by atoms with Crippen molar-refractivity contribution in [3.8, 4) is 0 Å². The van der Waals surface area contributed by atoms with Crippen LogP contribution in [-0.2, 0) is 14.2 Å². The summed E-state index contributed by atoms with van der Waals surface area (Å²) < 4.78 is 16.0. The van der Waals surface area contributed by atoms with Crippen LogP contribution in [0.3, 0.4) is 0 Å². The van der Waals surface area contributed by atoms with Gasteiger partial charge in [-0.1, -0.05) is 39.0 Å². The van der Waals surface area contributed by atoms with E-state index in [2.05, 4.69) is 6.92 Å². The molecule has 0 aliphatic heterocycles. The van der Waals surface area contributed by atoms with Crippen molar-refractivity contribution >= 4 is 0 Å². The van der Waals surface area contributed by atoms with Gasteiger partial charge in [0.1, 0.15) is 12.2 Å². The second-order valence-corrected chi connectivity index (χ2v) is 5.07. The Kier molecular flexibility index (Phi) is 15.0. The summed E-state index contributed by atoms with van der Waals surface area (Å²) in [5.74, 6) is 0. The number of rotatable bonds is 15. The lowest BCUT2D eigenvalue weighted by Crippen LogP contribution is -2.28. The maximum absolute atomic E-state index is 9.13. The highest BCUT2D eigenvalue weighted by Crippen LogP contribution is 2.05. The second kappa shape index (κ2) is 15.2. The van der Waals surface area contributed by atoms with Crippen LogP contribution >= 0.6 is 0 Å². The largest absolute Gasteiger partial charge is 0.394 e. The summed E-state index contributed by atoms with van der Waals surface area (Å²) >= 11 is 0. The van der Waals surface area contributed by atoms with Crippen molar-refractivity contribution in [2.24, 2.45) is 0 Å². The van der Waals surface area contributed by atoms with E-state index >= 15 is 0 Å². The fraction of sp³-hybridized carbons (Fsp3) is 1.00. The minimum Gasteiger partial charge on any atom is -0.394 e. The third kappa shape index (κ3) is 12.8. The maximum atomic E-state index is 9.13. The Bertz CT molecular complexity index is 189. The van der Waals surface area contributed by atoms with Crippen LogP contribution in [0.25, 0.3) is 0 Å². The first-order chi connectivity index (χ1) is 9.74. The van der Waals surface area contributed by atoms with Crippen LogP contribution < -0.4 is 0 Å². The van der Waals surface area contributed by atoms with Crippen molar-refractivity contribution in [3.05, 3.63) is 0 Å². The molecule has 0 aromatic rings. The van der Waals surface area contributed by atoms with Gasteiger partial charge in [0.05, 0.1) is 26.4 Å². The first-order valence-corrected chi connectivity index (χ1v) is 7.71. The van der Waals surface area contributed by atoms with Crippen LogP contribution in [0.4, 0.5) is 0 Å². The Labute approximate surface area is 123 Å². The number of aliphatic hydroxyl groups is 2. The second-order valence-electron chi connectivity index (χ2n) is 5.07. The zero-order chi connectivity index (χ0) is 15.1. The SMILES string of the molecule is CCCCCCCCOCC(COCC(O)CO)OC. The Morgan fingerprint density at radius 1 is 0.900 bits per heavy atom. The third-order valence-corrected chi connectivity index (χ3v) is 3.10. The van der Waals surface area contributed by atoms with E-state index in [1.807, 2.05) is 0 Å². The van der Waals surface area contributed by atoms with E-state index in [1.165, 1.54) is 32.1 Å². The third-order valence-electron chi connectivity index (χ3n) is 3.10. The van der Waals surface area contributed by atoms with Crippen molar-refractivity contribution < 1.29 is 24.4 Å². The summed E-state index contributed by atoms with van der Waals surface area (Å²) in [6, 6.07) is 0. The molecule has 5 nitrogen and oxygen atoms in total. The maximum Gasteiger partial charge on any atom is 0.104 e. The summed E-state index contributed by atoms with van der Waals surface area (Å²) in [5, 5.41) is 17.8. The van der Waals surface area contributed by atoms with Crippen LogP contribution in [0.2, 0.25) is 0 Å². The van der Waals surface area contributed by atoms with Gasteiger partial charge in [-0.25, -0.2) is 0 Å². The molecule has 0 fully saturated rings. The number of methoxy groups -OCH3 is 1. The molecule has 0 rings (SSSR count). The lowest BCUT2D eigenvalue weighted by molar-refractivity contribution is -0.0626. The van der Waals surface area contributed by atoms with E-state index in [0.29, 0.717) is 13.2 Å². The summed E-state index contributed by atoms with van der Waals surface area (Å²) in [6.45, 7) is 3.67. The molecular weight excluding hydrogens is 260 g/mol. The number of ether oxygens (including phenoxy) is 3. The molecule has 0 radical (unpaired) electrons. The van der Waals surface area contributed by atoms with Gasteiger partial charge in [0.15, 0.2) is 0 Å². The van der Waals surface area contributed by atoms with Gasteiger partial charge in [0.25, 0.3) is 0 Å². The minimum atomic E-state index is -0.823. The quantitative estimate of drug-likeness (QED) is 0.450. The van der Waals surface area contributed by atoms with E-state index in [-0.39, 0.29) is 19.3 Å². The number of hydrogen-bond donors (Lipinski definition) is 2. The number of unbranched alkanes of at least 4 members (excludes halogenated alkanes) is 5. The molecule has 0 aromatic carbocycles. The van der Waals surface area contributed by atoms with Gasteiger partial charge in [-0.05, 0) is 6.42 Å². The van der Waals surface area contributed by atoms with Crippen molar-refractivity contribution in [1.29, 1.82) is 0 Å². The number of aliphatic hydroxyl groups excluding tert-OH is 2. The van der Waals surface area contributed by atoms with Gasteiger partial charge in [-0.3, -0.25) is 0 Å². The normalized spacial score (nSPS) is 14.4. The van der Waals surface area contributed by atoms with Crippen LogP contribution in [0.15, 0.2) is 0 Å². The molecular formula is C15H32O5. The van der Waals surface area contributed by atoms with Crippen molar-refractivity contribution in [2.45, 2.75) is 57.7 Å². The standard InChI is InChI=1S/C15H32O5/c1-3-4-5-6-7-8-9-19-12-15(18-2)13-20-11-14(17)10-16/h14-17H,3-13H2,1-2H3. The predicted molar refractivity (Wildman–Crippen MR) is 78.9 cm³/mol. The molecule has 0 aromatic heterocycles. The average Bonchev–Trinajstić information content (AvgIpc) is 2.47. The molecule has 0 bridgehead atoms. The zero-order valence-corrected chi connectivity index (χ0v) is 13.1. The van der Waals surface area contributed by atoms with Crippen molar-refractivity contribution in [3.63, 3.8) is 0 Å². The van der Waals surface area contributed by atoms with Crippen LogP contribution in [0.1, 0.15) is 45.4 Å². The van der Waals surface area contributed by atoms with Crippen molar-refractivity contribution in [2.75, 3.05) is 40.1 Å². The molecule has 0 spiro atoms. The summed E-state index contributed by atoms with van der Waals surface area (Å²) in [6.07, 6.45) is 6.56. The number of hydrogen-bond acceptors (Lipinski definition) is 5. The topological polar surface area (TPSA) is 68.2 Å². The van der Waals surface area contributed by atoms with E-state index < -0.39 is 6.10 Å². The minimum absolute atomic E-state index is 0.119. The monoisotopic (exact) mass is 292 g/mol. The van der Waals surface area contributed by atoms with Gasteiger partial charge in [0.2, 0.25) is 0 Å². The van der Waals surface area contributed by atoms with Gasteiger partial charge in [-0.15, -0.1) is 0 Å². The average molecular weight is 292 g/mol. The Morgan fingerprint density at radius 2 is 1.55 bits per heavy atom. The Balaban J connectivity index is 3.36. The molecule has 122 valence electrons. The van der Waals surface area contributed by atoms with Crippen LogP contribution in [0, 0.1) is 0 Å². The highest BCUT2D eigenvalue weighted by molar-refractivity contribution is 4.56. The highest BCUT2D eigenvalue weighted by atomic mass is 16.6. The lowest BCUT2D eigenvalue weighted by atomic mass is 10.1. The molecule has 0 amide bonds. The van der Waals surface area contributed by atoms with E-state index in [4.69, 9.17) is 24.4 Å². The summed E-state index contributed by atoms with van der Waals surface area (Å²) in [5.41, 5.74) is 0. The van der Waals surface area contributed by atoms with Crippen LogP contribution in [0.5, 0.6) is 0 Å². The van der Waals surface area contributed by atoms with E-state index in [1.54, 1.807) is 7.11 Å². The molecule has 5 heteroatoms. The molecule has 0 aliphatic carbocycles. The van der Waals surface area contributed by atoms with E-state index in [0.717, 1.165) is 13.0 Å². The first kappa shape index (κ1) is 19.8. The molecule has 0 saturated heterocycles. The molecule has 0 saturated carbocycles. The smallest absolute Gasteiger partial charge is 0.104 e. The Hall–Kier alpha value is -0.200. The summed E-state index contributed by atoms with van der Waals surface area (Å²) in [4.78, 5) is 0. The molecule has 2 atom stereocenters. The molecule has 20 heavy (non-hydrogen) atoms. The van der Waals surface area contributed by atoms with Gasteiger partial charge >= 0.3 is 0 Å². The molecule has 0 aliphatic rings. The molecule has 2 unspecified atom stereocenters. The highest BCUT2D eigenvalue weighted by Gasteiger charge is 2.09. The predicted octanol–water partition coefficient (Wildman–Crippen LogP) is 1.75. The first-order valence-electron chi connectivity index (χ1n) is 7.71. The molecule has 2 N–H and O–H groups in total. The van der Waals surface area contributed by atoms with Gasteiger partial charge < -0.3 is 24.4 Å². The lowest BCUT2D eigenvalue weighted by Gasteiger charge is -2.16. The van der Waals surface area contributed by atoms with Gasteiger partial charge in [0, 0.05) is 13.7 Å². The Morgan fingerprint density at radius 3 is 2.20 bits per heavy atom. The van der Waals surface area contributed by atoms with E-state index in [9.17, 15) is 0 Å². The van der Waals surface area contributed by atoms with Crippen molar-refractivity contribution in [1.82, 2.24) is 0 Å². The zero-order valence-electron chi connectivity index (χ0n) is 13.1. The fourth-order valence-corrected chi connectivity index (χ4v) is 1.77.